The van der Waals surface area contributed by atoms with E-state index < -0.39 is 18.1 Å². The van der Waals surface area contributed by atoms with Gasteiger partial charge < -0.3 is 20.1 Å². The van der Waals surface area contributed by atoms with Gasteiger partial charge in [0, 0.05) is 11.6 Å². The lowest BCUT2D eigenvalue weighted by Gasteiger charge is -2.32. The second-order valence-electron chi connectivity index (χ2n) is 7.97. The van der Waals surface area contributed by atoms with Crippen LogP contribution in [0.2, 0.25) is 0 Å². The Bertz CT molecular complexity index is 907. The highest BCUT2D eigenvalue weighted by molar-refractivity contribution is 5.89. The Morgan fingerprint density at radius 1 is 1.07 bits per heavy atom. The van der Waals surface area contributed by atoms with E-state index >= 15 is 0 Å². The van der Waals surface area contributed by atoms with E-state index in [1.54, 1.807) is 7.11 Å². The highest BCUT2D eigenvalue weighted by Crippen LogP contribution is 2.34. The molecule has 4 rings (SSSR count). The lowest BCUT2D eigenvalue weighted by Crippen LogP contribution is -2.44. The fourth-order valence-corrected chi connectivity index (χ4v) is 4.66. The van der Waals surface area contributed by atoms with Crippen LogP contribution in [0.3, 0.4) is 0 Å². The molecule has 2 aliphatic rings. The summed E-state index contributed by atoms with van der Waals surface area (Å²) >= 11 is 0. The number of hydrogen-bond acceptors (Lipinski definition) is 4. The van der Waals surface area contributed by atoms with Crippen molar-refractivity contribution in [1.29, 1.82) is 0 Å². The van der Waals surface area contributed by atoms with Crippen molar-refractivity contribution in [1.82, 2.24) is 4.90 Å². The molecule has 6 heteroatoms. The molecule has 0 bridgehead atoms. The van der Waals surface area contributed by atoms with Gasteiger partial charge in [-0.05, 0) is 42.5 Å². The van der Waals surface area contributed by atoms with Gasteiger partial charge in [-0.3, -0.25) is 9.59 Å². The Morgan fingerprint density at radius 3 is 2.48 bits per heavy atom. The molecule has 2 N–H and O–H groups in total. The Kier molecular flexibility index (Phi) is 5.72. The van der Waals surface area contributed by atoms with Crippen LogP contribution in [0, 0.1) is 0 Å². The van der Waals surface area contributed by atoms with Crippen LogP contribution in [0.1, 0.15) is 44.1 Å². The number of fused-ring (bicyclic) bond motifs is 1. The smallest absolute Gasteiger partial charge is 0.252 e. The minimum absolute atomic E-state index is 0.0457. The number of primary amides is 1. The lowest BCUT2D eigenvalue weighted by atomic mass is 10.0. The average molecular weight is 396 g/mol. The quantitative estimate of drug-likeness (QED) is 0.813. The lowest BCUT2D eigenvalue weighted by molar-refractivity contribution is -0.148. The summed E-state index contributed by atoms with van der Waals surface area (Å²) in [4.78, 5) is 26.9. The molecular weight excluding hydrogens is 368 g/mol. The first-order valence-corrected chi connectivity index (χ1v) is 10.4. The monoisotopic (exact) mass is 396 g/mol. The number of hydrogen-bond donors (Lipinski definition) is 1. The van der Waals surface area contributed by atoms with Crippen molar-refractivity contribution < 1.29 is 19.1 Å². The summed E-state index contributed by atoms with van der Waals surface area (Å²) in [5.74, 6) is 0.237. The summed E-state index contributed by atoms with van der Waals surface area (Å²) in [5, 5.41) is 2.21. The predicted molar refractivity (Wildman–Crippen MR) is 110 cm³/mol. The molecule has 1 heterocycles. The summed E-state index contributed by atoms with van der Waals surface area (Å²) in [5.41, 5.74) is 6.39. The van der Waals surface area contributed by atoms with Gasteiger partial charge >= 0.3 is 0 Å². The maximum Gasteiger partial charge on any atom is 0.252 e. The molecule has 2 amide bonds. The number of methoxy groups -OCH3 is 1. The van der Waals surface area contributed by atoms with Crippen molar-refractivity contribution in [3.63, 3.8) is 0 Å². The standard InChI is InChI=1S/C23H28N2O4/c1-28-19-11-10-15-6-2-5-9-17(15)18(19)14-25(16-7-3-4-8-16)23(27)21-13-12-20(29-21)22(24)26/h2,5-6,9-11,16,20-21H,3-4,7-8,12-14H2,1H3,(H2,24,26)/t20-,21+/m1/s1. The molecule has 0 unspecified atom stereocenters. The van der Waals surface area contributed by atoms with Crippen LogP contribution in [0.4, 0.5) is 0 Å². The highest BCUT2D eigenvalue weighted by Gasteiger charge is 2.38. The van der Waals surface area contributed by atoms with E-state index in [0.29, 0.717) is 19.4 Å². The van der Waals surface area contributed by atoms with Crippen LogP contribution in [0.25, 0.3) is 10.8 Å². The Hall–Kier alpha value is -2.60. The van der Waals surface area contributed by atoms with Gasteiger partial charge in [0.15, 0.2) is 0 Å². The molecule has 2 atom stereocenters. The van der Waals surface area contributed by atoms with Gasteiger partial charge in [0.1, 0.15) is 18.0 Å². The highest BCUT2D eigenvalue weighted by atomic mass is 16.5. The molecule has 154 valence electrons. The van der Waals surface area contributed by atoms with E-state index in [9.17, 15) is 9.59 Å². The molecule has 0 radical (unpaired) electrons. The Balaban J connectivity index is 1.66. The minimum atomic E-state index is -0.665. The molecule has 2 aromatic carbocycles. The van der Waals surface area contributed by atoms with Gasteiger partial charge in [-0.2, -0.15) is 0 Å². The van der Waals surface area contributed by atoms with E-state index in [1.807, 2.05) is 29.2 Å². The van der Waals surface area contributed by atoms with Crippen LogP contribution < -0.4 is 10.5 Å². The molecule has 1 aliphatic heterocycles. The second kappa shape index (κ2) is 8.41. The topological polar surface area (TPSA) is 81.9 Å². The van der Waals surface area contributed by atoms with Crippen molar-refractivity contribution >= 4 is 22.6 Å². The molecule has 1 saturated heterocycles. The third kappa shape index (κ3) is 3.94. The number of nitrogens with zero attached hydrogens (tertiary/aromatic N) is 1. The van der Waals surface area contributed by atoms with Crippen molar-refractivity contribution in [2.45, 2.75) is 63.3 Å². The molecule has 2 fully saturated rings. The predicted octanol–water partition coefficient (Wildman–Crippen LogP) is 3.15. The van der Waals surface area contributed by atoms with Crippen LogP contribution in [-0.4, -0.2) is 42.1 Å². The number of nitrogens with two attached hydrogens (primary N) is 1. The Morgan fingerprint density at radius 2 is 1.79 bits per heavy atom. The van der Waals surface area contributed by atoms with Gasteiger partial charge in [-0.25, -0.2) is 0 Å². The van der Waals surface area contributed by atoms with Gasteiger partial charge in [-0.1, -0.05) is 43.2 Å². The zero-order chi connectivity index (χ0) is 20.4. The van der Waals surface area contributed by atoms with Crippen molar-refractivity contribution in [3.05, 3.63) is 42.0 Å². The third-order valence-corrected chi connectivity index (χ3v) is 6.21. The van der Waals surface area contributed by atoms with Gasteiger partial charge in [0.2, 0.25) is 5.91 Å². The number of carbonyl (C=O) groups is 2. The second-order valence-corrected chi connectivity index (χ2v) is 7.97. The average Bonchev–Trinajstić information content (AvgIpc) is 3.43. The van der Waals surface area contributed by atoms with E-state index in [0.717, 1.165) is 47.8 Å². The van der Waals surface area contributed by atoms with Crippen molar-refractivity contribution in [3.8, 4) is 5.75 Å². The summed E-state index contributed by atoms with van der Waals surface area (Å²) in [7, 11) is 1.66. The summed E-state index contributed by atoms with van der Waals surface area (Å²) in [6.45, 7) is 0.467. The molecule has 1 aliphatic carbocycles. The van der Waals surface area contributed by atoms with Crippen LogP contribution in [-0.2, 0) is 20.9 Å². The number of ether oxygens (including phenoxy) is 2. The van der Waals surface area contributed by atoms with E-state index in [4.69, 9.17) is 15.2 Å². The molecule has 0 spiro atoms. The van der Waals surface area contributed by atoms with Crippen molar-refractivity contribution in [2.75, 3.05) is 7.11 Å². The van der Waals surface area contributed by atoms with E-state index in [1.165, 1.54) is 0 Å². The molecule has 6 nitrogen and oxygen atoms in total. The molecule has 2 aromatic rings. The van der Waals surface area contributed by atoms with Gasteiger partial charge in [0.05, 0.1) is 13.7 Å². The number of benzene rings is 2. The number of rotatable bonds is 6. The summed E-state index contributed by atoms with van der Waals surface area (Å²) in [6.07, 6.45) is 3.99. The Labute approximate surface area is 170 Å². The zero-order valence-corrected chi connectivity index (χ0v) is 16.8. The fraction of sp³-hybridized carbons (Fsp3) is 0.478. The van der Waals surface area contributed by atoms with Crippen LogP contribution in [0.5, 0.6) is 5.75 Å². The van der Waals surface area contributed by atoms with Crippen LogP contribution in [0.15, 0.2) is 36.4 Å². The van der Waals surface area contributed by atoms with Gasteiger partial charge in [-0.15, -0.1) is 0 Å². The normalized spacial score (nSPS) is 22.1. The first-order valence-electron chi connectivity index (χ1n) is 10.4. The summed E-state index contributed by atoms with van der Waals surface area (Å²) in [6, 6.07) is 12.3. The zero-order valence-electron chi connectivity index (χ0n) is 16.8. The maximum atomic E-state index is 13.4. The van der Waals surface area contributed by atoms with Crippen molar-refractivity contribution in [2.24, 2.45) is 5.73 Å². The molecule has 29 heavy (non-hydrogen) atoms. The molecular formula is C23H28N2O4. The first-order chi connectivity index (χ1) is 14.1. The molecule has 0 aromatic heterocycles. The number of carbonyl (C=O) groups excluding carboxylic acids is 2. The van der Waals surface area contributed by atoms with E-state index in [2.05, 4.69) is 12.1 Å². The summed E-state index contributed by atoms with van der Waals surface area (Å²) < 4.78 is 11.4. The third-order valence-electron chi connectivity index (χ3n) is 6.21. The van der Waals surface area contributed by atoms with E-state index in [-0.39, 0.29) is 11.9 Å². The number of amides is 2. The SMILES string of the molecule is COc1ccc2ccccc2c1CN(C(=O)[C@@H]1CC[C@H](C(N)=O)O1)C1CCCC1. The maximum absolute atomic E-state index is 13.4. The minimum Gasteiger partial charge on any atom is -0.496 e. The first kappa shape index (κ1) is 19.7. The van der Waals surface area contributed by atoms with Crippen LogP contribution >= 0.6 is 0 Å². The molecule has 1 saturated carbocycles. The largest absolute Gasteiger partial charge is 0.496 e. The fourth-order valence-electron chi connectivity index (χ4n) is 4.66. The van der Waals surface area contributed by atoms with Gasteiger partial charge in [0.25, 0.3) is 5.91 Å².